The summed E-state index contributed by atoms with van der Waals surface area (Å²) in [5.74, 6) is -0.232. The number of alkyl halides is 1. The minimum Gasteiger partial charge on any atom is -0.350 e. The number of carbonyl (C=O) groups is 2. The first kappa shape index (κ1) is 24.7. The molecule has 1 aromatic rings. The first-order valence-electron chi connectivity index (χ1n) is 10.2. The number of hydrogen-bond donors (Lipinski definition) is 3. The third kappa shape index (κ3) is 7.92. The second-order valence-corrected chi connectivity index (χ2v) is 7.33. The summed E-state index contributed by atoms with van der Waals surface area (Å²) in [6.07, 6.45) is 4.60. The van der Waals surface area contributed by atoms with Crippen molar-refractivity contribution in [3.8, 4) is 0 Å². The molecule has 0 aliphatic heterocycles. The molecule has 164 valence electrons. The van der Waals surface area contributed by atoms with Gasteiger partial charge in [0.2, 0.25) is 5.91 Å². The summed E-state index contributed by atoms with van der Waals surface area (Å²) in [5, 5.41) is 2.81. The van der Waals surface area contributed by atoms with Crippen molar-refractivity contribution in [2.45, 2.75) is 58.7 Å². The summed E-state index contributed by atoms with van der Waals surface area (Å²) in [7, 11) is 1.57. The summed E-state index contributed by atoms with van der Waals surface area (Å²) in [5.41, 5.74) is 5.81. The van der Waals surface area contributed by atoms with Gasteiger partial charge in [0, 0.05) is 13.6 Å². The zero-order valence-corrected chi connectivity index (χ0v) is 17.8. The van der Waals surface area contributed by atoms with E-state index < -0.39 is 17.8 Å². The molecule has 2 atom stereocenters. The van der Waals surface area contributed by atoms with Crippen LogP contribution in [-0.2, 0) is 4.79 Å². The van der Waals surface area contributed by atoms with E-state index in [0.29, 0.717) is 12.5 Å². The lowest BCUT2D eigenvalue weighted by molar-refractivity contribution is -0.133. The van der Waals surface area contributed by atoms with Gasteiger partial charge in [-0.25, -0.2) is 4.39 Å². The van der Waals surface area contributed by atoms with Crippen LogP contribution in [0.5, 0.6) is 0 Å². The minimum atomic E-state index is -1.08. The van der Waals surface area contributed by atoms with Crippen molar-refractivity contribution < 1.29 is 14.0 Å². The monoisotopic (exact) mass is 411 g/mol. The number of carbonyl (C=O) groups excluding carboxylic acids is 2. The quantitative estimate of drug-likeness (QED) is 0.627. The number of nitrogens with one attached hydrogen (secondary N) is 2. The van der Waals surface area contributed by atoms with Crippen LogP contribution in [0.4, 0.5) is 4.39 Å². The van der Waals surface area contributed by atoms with Gasteiger partial charge >= 0.3 is 0 Å². The number of hydrogen-bond acceptors (Lipinski definition) is 5. The van der Waals surface area contributed by atoms with E-state index in [4.69, 9.17) is 5.73 Å². The maximum absolute atomic E-state index is 13.1. The van der Waals surface area contributed by atoms with Crippen LogP contribution in [0.2, 0.25) is 0 Å². The van der Waals surface area contributed by atoms with Gasteiger partial charge in [-0.2, -0.15) is 0 Å². The number of aromatic nitrogens is 2. The highest BCUT2D eigenvalue weighted by Crippen LogP contribution is 2.30. The molecule has 9 heteroatoms. The van der Waals surface area contributed by atoms with Gasteiger partial charge in [-0.3, -0.25) is 19.4 Å². The van der Waals surface area contributed by atoms with Crippen molar-refractivity contribution in [2.24, 2.45) is 17.6 Å². The van der Waals surface area contributed by atoms with Gasteiger partial charge in [0.05, 0.1) is 25.0 Å². The average molecular weight is 412 g/mol. The van der Waals surface area contributed by atoms with Crippen molar-refractivity contribution in [3.05, 3.63) is 28.4 Å². The topological polar surface area (TPSA) is 121 Å². The molecule has 0 aromatic carbocycles. The molecule has 1 aromatic heterocycles. The number of nitrogens with two attached hydrogens (primary N) is 1. The maximum Gasteiger partial charge on any atom is 0.269 e. The van der Waals surface area contributed by atoms with Crippen LogP contribution >= 0.6 is 0 Å². The Morgan fingerprint density at radius 1 is 1.31 bits per heavy atom. The van der Waals surface area contributed by atoms with E-state index in [2.05, 4.69) is 15.3 Å². The average Bonchev–Trinajstić information content (AvgIpc) is 2.72. The van der Waals surface area contributed by atoms with E-state index in [0.717, 1.165) is 31.9 Å². The summed E-state index contributed by atoms with van der Waals surface area (Å²) in [4.78, 5) is 43.0. The molecule has 0 saturated heterocycles. The van der Waals surface area contributed by atoms with Crippen LogP contribution in [0.1, 0.15) is 56.9 Å². The standard InChI is InChI=1S/C18H28FN5O3.C2H6/c1-11(19)10-24(2)18(27)16(20)13-5-3-12(4-6-13)7-22-17(26)14-8-21-9-15(25)23-14;1-2/h8-9,11-13,16H,3-7,10,20H2,1-2H3,(H,22,26)(H,23,25);1-2H3/t11-,12?,13?,16?;/m1./s1. The molecular formula is C20H34FN5O3. The lowest BCUT2D eigenvalue weighted by Crippen LogP contribution is -2.48. The van der Waals surface area contributed by atoms with E-state index in [9.17, 15) is 18.8 Å². The van der Waals surface area contributed by atoms with Crippen molar-refractivity contribution in [3.63, 3.8) is 0 Å². The second-order valence-electron chi connectivity index (χ2n) is 7.33. The Bertz CT molecular complexity index is 701. The normalized spacial score (nSPS) is 20.6. The van der Waals surface area contributed by atoms with Crippen molar-refractivity contribution in [1.29, 1.82) is 0 Å². The highest BCUT2D eigenvalue weighted by molar-refractivity contribution is 5.91. The van der Waals surface area contributed by atoms with Crippen LogP contribution < -0.4 is 16.6 Å². The van der Waals surface area contributed by atoms with Gasteiger partial charge in [0.25, 0.3) is 11.5 Å². The molecule has 1 aliphatic rings. The number of aromatic amines is 1. The van der Waals surface area contributed by atoms with Gasteiger partial charge < -0.3 is 20.9 Å². The lowest BCUT2D eigenvalue weighted by Gasteiger charge is -2.33. The fourth-order valence-electron chi connectivity index (χ4n) is 3.50. The van der Waals surface area contributed by atoms with E-state index in [1.807, 2.05) is 13.8 Å². The first-order valence-corrected chi connectivity index (χ1v) is 10.2. The number of amides is 2. The van der Waals surface area contributed by atoms with Gasteiger partial charge in [-0.1, -0.05) is 13.8 Å². The Hall–Kier alpha value is -2.29. The zero-order valence-electron chi connectivity index (χ0n) is 17.8. The lowest BCUT2D eigenvalue weighted by atomic mass is 9.78. The van der Waals surface area contributed by atoms with Crippen molar-refractivity contribution >= 4 is 11.8 Å². The van der Waals surface area contributed by atoms with Crippen molar-refractivity contribution in [1.82, 2.24) is 20.2 Å². The smallest absolute Gasteiger partial charge is 0.269 e. The molecular weight excluding hydrogens is 377 g/mol. The van der Waals surface area contributed by atoms with Crippen LogP contribution in [0.25, 0.3) is 0 Å². The third-order valence-electron chi connectivity index (χ3n) is 5.04. The zero-order chi connectivity index (χ0) is 22.0. The van der Waals surface area contributed by atoms with E-state index in [1.54, 1.807) is 7.05 Å². The Morgan fingerprint density at radius 3 is 2.48 bits per heavy atom. The Kier molecular flexibility index (Phi) is 10.5. The fourth-order valence-corrected chi connectivity index (χ4v) is 3.50. The predicted molar refractivity (Wildman–Crippen MR) is 110 cm³/mol. The molecule has 29 heavy (non-hydrogen) atoms. The van der Waals surface area contributed by atoms with E-state index in [-0.39, 0.29) is 30.0 Å². The SMILES string of the molecule is CC.C[C@@H](F)CN(C)C(=O)C(N)C1CCC(CNC(=O)c2cncc(=O)[nH]2)CC1. The largest absolute Gasteiger partial charge is 0.350 e. The molecule has 1 saturated carbocycles. The second kappa shape index (κ2) is 12.3. The number of H-pyrrole nitrogens is 1. The van der Waals surface area contributed by atoms with Gasteiger partial charge in [0.1, 0.15) is 11.9 Å². The van der Waals surface area contributed by atoms with Crippen LogP contribution in [0.3, 0.4) is 0 Å². The predicted octanol–water partition coefficient (Wildman–Crippen LogP) is 1.48. The summed E-state index contributed by atoms with van der Waals surface area (Å²) in [6.45, 7) is 5.95. The molecule has 8 nitrogen and oxygen atoms in total. The molecule has 1 unspecified atom stereocenters. The highest BCUT2D eigenvalue weighted by Gasteiger charge is 2.31. The summed E-state index contributed by atoms with van der Waals surface area (Å²) < 4.78 is 13.1. The molecule has 0 radical (unpaired) electrons. The van der Waals surface area contributed by atoms with E-state index >= 15 is 0 Å². The molecule has 1 heterocycles. The molecule has 2 amide bonds. The Balaban J connectivity index is 0.00000204. The number of likely N-dealkylation sites (N-methyl/N-ethyl adjacent to an activating group) is 1. The fraction of sp³-hybridized carbons (Fsp3) is 0.700. The van der Waals surface area contributed by atoms with Crippen LogP contribution in [-0.4, -0.2) is 59.0 Å². The molecule has 1 fully saturated rings. The summed E-state index contributed by atoms with van der Waals surface area (Å²) in [6, 6.07) is -0.621. The van der Waals surface area contributed by atoms with Gasteiger partial charge in [-0.15, -0.1) is 0 Å². The number of nitrogens with zero attached hydrogens (tertiary/aromatic N) is 2. The minimum absolute atomic E-state index is 0.0460. The van der Waals surface area contributed by atoms with Crippen LogP contribution in [0.15, 0.2) is 17.2 Å². The van der Waals surface area contributed by atoms with Crippen molar-refractivity contribution in [2.75, 3.05) is 20.1 Å². The van der Waals surface area contributed by atoms with Gasteiger partial charge in [-0.05, 0) is 44.4 Å². The molecule has 2 rings (SSSR count). The molecule has 0 bridgehead atoms. The summed E-state index contributed by atoms with van der Waals surface area (Å²) >= 11 is 0. The number of rotatable bonds is 7. The third-order valence-corrected chi connectivity index (χ3v) is 5.04. The maximum atomic E-state index is 13.1. The molecule has 1 aliphatic carbocycles. The molecule has 0 spiro atoms. The Morgan fingerprint density at radius 2 is 1.93 bits per heavy atom. The Labute approximate surface area is 171 Å². The first-order chi connectivity index (χ1) is 13.8. The van der Waals surface area contributed by atoms with E-state index in [1.165, 1.54) is 18.0 Å². The van der Waals surface area contributed by atoms with Crippen LogP contribution in [0, 0.1) is 11.8 Å². The van der Waals surface area contributed by atoms with Gasteiger partial charge in [0.15, 0.2) is 0 Å². The highest BCUT2D eigenvalue weighted by atomic mass is 19.1. The molecule has 4 N–H and O–H groups in total. The number of halogens is 1.